The van der Waals surface area contributed by atoms with Gasteiger partial charge in [-0.05, 0) is 38.0 Å². The molecule has 172 valence electrons. The van der Waals surface area contributed by atoms with Crippen molar-refractivity contribution >= 4 is 35.1 Å². The molecule has 0 aliphatic heterocycles. The second kappa shape index (κ2) is 10.3. The number of rotatable bonds is 6. The highest BCUT2D eigenvalue weighted by atomic mass is 32.2. The molecule has 0 aliphatic rings. The molecule has 12 heteroatoms. The molecule has 0 aromatic heterocycles. The molecule has 1 aromatic rings. The molecule has 0 spiro atoms. The molecule has 0 heterocycles. The number of ketones is 1. The minimum absolute atomic E-state index is 0.115. The fourth-order valence-electron chi connectivity index (χ4n) is 2.33. The molecule has 0 saturated heterocycles. The molecule has 0 radical (unpaired) electrons. The quantitative estimate of drug-likeness (QED) is 0.206. The predicted molar refractivity (Wildman–Crippen MR) is 108 cm³/mol. The van der Waals surface area contributed by atoms with Gasteiger partial charge >= 0.3 is 21.6 Å². The Kier molecular flexibility index (Phi) is 9.58. The maximum atomic E-state index is 12.6. The molecule has 0 fully saturated rings. The average molecular weight is 473 g/mol. The van der Waals surface area contributed by atoms with Gasteiger partial charge in [0.25, 0.3) is 0 Å². The van der Waals surface area contributed by atoms with E-state index in [4.69, 9.17) is 4.74 Å². The van der Waals surface area contributed by atoms with Crippen LogP contribution in [0.3, 0.4) is 0 Å². The zero-order valence-electron chi connectivity index (χ0n) is 18.2. The maximum absolute atomic E-state index is 12.6. The van der Waals surface area contributed by atoms with Gasteiger partial charge in [-0.15, -0.1) is 0 Å². The third kappa shape index (κ3) is 7.63. The number of halogens is 3. The van der Waals surface area contributed by atoms with E-state index in [1.165, 1.54) is 27.2 Å². The summed E-state index contributed by atoms with van der Waals surface area (Å²) in [5.74, 6) is -0.572. The minimum atomic E-state index is -5.72. The van der Waals surface area contributed by atoms with Crippen LogP contribution in [-0.2, 0) is 24.4 Å². The minimum Gasteiger partial charge on any atom is -0.496 e. The number of methoxy groups -OCH3 is 2. The fourth-order valence-corrected chi connectivity index (χ4v) is 4.70. The summed E-state index contributed by atoms with van der Waals surface area (Å²) in [5.41, 5.74) is -4.14. The van der Waals surface area contributed by atoms with E-state index < -0.39 is 29.7 Å². The summed E-state index contributed by atoms with van der Waals surface area (Å²) >= 11 is 0. The van der Waals surface area contributed by atoms with Crippen molar-refractivity contribution in [1.82, 2.24) is 0 Å². The molecule has 0 atom stereocenters. The maximum Gasteiger partial charge on any atom is 0.534 e. The highest BCUT2D eigenvalue weighted by Gasteiger charge is 2.49. The van der Waals surface area contributed by atoms with Crippen LogP contribution in [0.4, 0.5) is 13.2 Å². The second-order valence-electron chi connectivity index (χ2n) is 7.41. The molecule has 0 saturated carbocycles. The van der Waals surface area contributed by atoms with Gasteiger partial charge in [0.1, 0.15) is 23.7 Å². The number of carbonyl (C=O) groups excluding carboxylic acids is 2. The number of alkyl halides is 3. The van der Waals surface area contributed by atoms with Crippen molar-refractivity contribution in [2.75, 3.05) is 14.2 Å². The van der Waals surface area contributed by atoms with E-state index in [1.54, 1.807) is 13.8 Å². The Bertz CT molecular complexity index is 889. The summed E-state index contributed by atoms with van der Waals surface area (Å²) < 4.78 is 74.3. The van der Waals surface area contributed by atoms with E-state index in [2.05, 4.69) is 8.92 Å². The standard InChI is InChI=1S/C13H19F3O4SSi.C5H8O3/c1-8-7-10(20-21(17,18)13(14,15)16)12(22(4,5)6)11(19-3)9(8)2;1-4(6)3-5(7)8-2/h7H,1-6H3;3H2,1-2H3. The molecule has 0 aliphatic carbocycles. The predicted octanol–water partition coefficient (Wildman–Crippen LogP) is 3.22. The van der Waals surface area contributed by atoms with Crippen molar-refractivity contribution in [3.63, 3.8) is 0 Å². The van der Waals surface area contributed by atoms with Gasteiger partial charge in [-0.3, -0.25) is 9.59 Å². The van der Waals surface area contributed by atoms with Crippen LogP contribution in [0.5, 0.6) is 11.5 Å². The molecule has 0 unspecified atom stereocenters. The third-order valence-corrected chi connectivity index (χ3v) is 6.75. The molecule has 0 amide bonds. The molecule has 30 heavy (non-hydrogen) atoms. The van der Waals surface area contributed by atoms with Crippen molar-refractivity contribution in [3.05, 3.63) is 17.2 Å². The van der Waals surface area contributed by atoms with E-state index >= 15 is 0 Å². The van der Waals surface area contributed by atoms with Crippen LogP contribution in [0.1, 0.15) is 24.5 Å². The molecular weight excluding hydrogens is 445 g/mol. The van der Waals surface area contributed by atoms with Crippen LogP contribution >= 0.6 is 0 Å². The SMILES string of the molecule is COC(=O)CC(C)=O.COc1c(C)c(C)cc(OS(=O)(=O)C(F)(F)F)c1[Si](C)(C)C. The van der Waals surface area contributed by atoms with Crippen LogP contribution in [0.2, 0.25) is 19.6 Å². The summed E-state index contributed by atoms with van der Waals surface area (Å²) in [4.78, 5) is 20.3. The molecule has 0 N–H and O–H groups in total. The number of benzene rings is 1. The largest absolute Gasteiger partial charge is 0.534 e. The smallest absolute Gasteiger partial charge is 0.496 e. The Hall–Kier alpha value is -2.08. The normalized spacial score (nSPS) is 11.8. The van der Waals surface area contributed by atoms with E-state index in [0.717, 1.165) is 5.56 Å². The van der Waals surface area contributed by atoms with Gasteiger partial charge in [0.15, 0.2) is 0 Å². The summed E-state index contributed by atoms with van der Waals surface area (Å²) in [6, 6.07) is 1.31. The number of ether oxygens (including phenoxy) is 2. The number of carbonyl (C=O) groups is 2. The Balaban J connectivity index is 0.000000890. The lowest BCUT2D eigenvalue weighted by Crippen LogP contribution is -2.41. The van der Waals surface area contributed by atoms with Crippen LogP contribution in [0, 0.1) is 13.8 Å². The van der Waals surface area contributed by atoms with Gasteiger partial charge < -0.3 is 13.7 Å². The highest BCUT2D eigenvalue weighted by Crippen LogP contribution is 2.33. The van der Waals surface area contributed by atoms with E-state index in [-0.39, 0.29) is 18.0 Å². The second-order valence-corrected chi connectivity index (χ2v) is 14.0. The van der Waals surface area contributed by atoms with Crippen LogP contribution in [-0.4, -0.2) is 48.0 Å². The first-order chi connectivity index (χ1) is 13.4. The van der Waals surface area contributed by atoms with E-state index in [1.807, 2.05) is 19.6 Å². The fraction of sp³-hybridized carbons (Fsp3) is 0.556. The Morgan fingerprint density at radius 3 is 1.90 bits per heavy atom. The lowest BCUT2D eigenvalue weighted by atomic mass is 10.1. The molecule has 1 rings (SSSR count). The van der Waals surface area contributed by atoms with E-state index in [9.17, 15) is 31.2 Å². The number of hydrogen-bond donors (Lipinski definition) is 0. The summed E-state index contributed by atoms with van der Waals surface area (Å²) in [5, 5.41) is 0.408. The Labute approximate surface area is 175 Å². The van der Waals surface area contributed by atoms with Crippen molar-refractivity contribution in [1.29, 1.82) is 0 Å². The highest BCUT2D eigenvalue weighted by molar-refractivity contribution is 7.88. The number of hydrogen-bond acceptors (Lipinski definition) is 7. The van der Waals surface area contributed by atoms with Gasteiger partial charge in [0.2, 0.25) is 0 Å². The van der Waals surface area contributed by atoms with E-state index in [0.29, 0.717) is 16.5 Å². The van der Waals surface area contributed by atoms with Crippen molar-refractivity contribution in [3.8, 4) is 11.5 Å². The summed E-state index contributed by atoms with van der Waals surface area (Å²) in [6.07, 6.45) is -0.115. The Morgan fingerprint density at radius 1 is 1.10 bits per heavy atom. The number of Topliss-reactive ketones (excluding diaryl/α,β-unsaturated/α-hetero) is 1. The van der Waals surface area contributed by atoms with Gasteiger partial charge in [-0.25, -0.2) is 0 Å². The monoisotopic (exact) mass is 472 g/mol. The molecule has 0 bridgehead atoms. The third-order valence-electron chi connectivity index (χ3n) is 3.81. The van der Waals surface area contributed by atoms with Gasteiger partial charge in [0.05, 0.1) is 22.3 Å². The lowest BCUT2D eigenvalue weighted by molar-refractivity contribution is -0.142. The van der Waals surface area contributed by atoms with Crippen LogP contribution in [0.25, 0.3) is 0 Å². The number of aryl methyl sites for hydroxylation is 1. The Morgan fingerprint density at radius 2 is 1.60 bits per heavy atom. The van der Waals surface area contributed by atoms with Crippen molar-refractivity contribution < 1.29 is 44.8 Å². The van der Waals surface area contributed by atoms with Crippen LogP contribution < -0.4 is 14.1 Å². The topological polar surface area (TPSA) is 96.0 Å². The first-order valence-electron chi connectivity index (χ1n) is 8.64. The first kappa shape index (κ1) is 27.9. The zero-order valence-corrected chi connectivity index (χ0v) is 20.0. The zero-order chi connectivity index (χ0) is 24.1. The van der Waals surface area contributed by atoms with Gasteiger partial charge in [-0.2, -0.15) is 21.6 Å². The van der Waals surface area contributed by atoms with Crippen molar-refractivity contribution in [2.24, 2.45) is 0 Å². The van der Waals surface area contributed by atoms with Crippen LogP contribution in [0.15, 0.2) is 6.07 Å². The molecule has 1 aromatic carbocycles. The molecule has 7 nitrogen and oxygen atoms in total. The summed E-state index contributed by atoms with van der Waals surface area (Å²) in [7, 11) is -5.31. The van der Waals surface area contributed by atoms with Crippen molar-refractivity contribution in [2.45, 2.75) is 52.3 Å². The average Bonchev–Trinajstić information content (AvgIpc) is 2.55. The number of esters is 1. The molecular formula is C18H27F3O7SSi. The summed E-state index contributed by atoms with van der Waals surface area (Å²) in [6.45, 7) is 10.4. The first-order valence-corrected chi connectivity index (χ1v) is 13.6. The van der Waals surface area contributed by atoms with Gasteiger partial charge in [0, 0.05) is 5.19 Å². The van der Waals surface area contributed by atoms with Gasteiger partial charge in [-0.1, -0.05) is 19.6 Å². The lowest BCUT2D eigenvalue weighted by Gasteiger charge is -2.26.